The van der Waals surface area contributed by atoms with Crippen LogP contribution in [0.3, 0.4) is 0 Å². The van der Waals surface area contributed by atoms with E-state index in [0.717, 1.165) is 23.5 Å². The minimum absolute atomic E-state index is 0.0446. The van der Waals surface area contributed by atoms with E-state index in [1.54, 1.807) is 84.6 Å². The first kappa shape index (κ1) is 37.7. The zero-order valence-corrected chi connectivity index (χ0v) is 26.7. The van der Waals surface area contributed by atoms with E-state index >= 15 is 0 Å². The molecular weight excluding hydrogens is 716 g/mol. The number of fused-ring (bicyclic) bond motifs is 2. The molecule has 16 heteroatoms. The molecule has 272 valence electrons. The van der Waals surface area contributed by atoms with Crippen molar-refractivity contribution in [1.29, 1.82) is 0 Å². The molecule has 0 aliphatic rings. The summed E-state index contributed by atoms with van der Waals surface area (Å²) in [6.07, 6.45) is -19.8. The molecule has 0 fully saturated rings. The lowest BCUT2D eigenvalue weighted by molar-refractivity contribution is -0.146. The SMILES string of the molecule is CN(c1ccccc1)c1ccc2c(C(F)(F)F)cc(C(F)(F)F)nc2c1.CN(c1ccccc1)c1ccc2c(C(F)(F)F)cc(C(F)(F)F)nc2c1. The maximum atomic E-state index is 13.2. The van der Waals surface area contributed by atoms with Crippen LogP contribution in [0, 0.1) is 0 Å². The fraction of sp³-hybridized carbons (Fsp3) is 0.167. The first-order valence-corrected chi connectivity index (χ1v) is 14.9. The lowest BCUT2D eigenvalue weighted by Gasteiger charge is -2.21. The molecule has 0 saturated carbocycles. The Labute approximate surface area is 287 Å². The molecule has 0 bridgehead atoms. The van der Waals surface area contributed by atoms with Gasteiger partial charge in [-0.3, -0.25) is 0 Å². The largest absolute Gasteiger partial charge is 0.433 e. The summed E-state index contributed by atoms with van der Waals surface area (Å²) in [5.74, 6) is 0. The molecule has 0 amide bonds. The minimum Gasteiger partial charge on any atom is -0.345 e. The molecule has 4 nitrogen and oxygen atoms in total. The molecule has 0 saturated heterocycles. The Morgan fingerprint density at radius 1 is 0.385 bits per heavy atom. The van der Waals surface area contributed by atoms with E-state index in [9.17, 15) is 52.7 Å². The lowest BCUT2D eigenvalue weighted by atomic mass is 10.1. The highest BCUT2D eigenvalue weighted by Crippen LogP contribution is 2.41. The van der Waals surface area contributed by atoms with E-state index in [4.69, 9.17) is 0 Å². The third-order valence-corrected chi connectivity index (χ3v) is 7.84. The molecule has 0 spiro atoms. The Hall–Kier alpha value is -5.54. The van der Waals surface area contributed by atoms with Gasteiger partial charge in [-0.2, -0.15) is 52.7 Å². The van der Waals surface area contributed by atoms with Gasteiger partial charge in [0.2, 0.25) is 0 Å². The lowest BCUT2D eigenvalue weighted by Crippen LogP contribution is -2.14. The molecular formula is C36H24F12N4. The predicted octanol–water partition coefficient (Wildman–Crippen LogP) is 12.1. The quantitative estimate of drug-likeness (QED) is 0.169. The summed E-state index contributed by atoms with van der Waals surface area (Å²) in [5.41, 5.74) is -4.29. The number of rotatable bonds is 4. The summed E-state index contributed by atoms with van der Waals surface area (Å²) in [7, 11) is 3.32. The minimum atomic E-state index is -4.98. The van der Waals surface area contributed by atoms with Crippen LogP contribution in [0.25, 0.3) is 21.8 Å². The van der Waals surface area contributed by atoms with Gasteiger partial charge < -0.3 is 9.80 Å². The van der Waals surface area contributed by atoms with Crippen LogP contribution in [-0.2, 0) is 24.7 Å². The Morgan fingerprint density at radius 3 is 1.00 bits per heavy atom. The molecule has 2 aromatic heterocycles. The molecule has 0 radical (unpaired) electrons. The van der Waals surface area contributed by atoms with E-state index in [1.165, 1.54) is 24.3 Å². The number of halogens is 12. The highest BCUT2D eigenvalue weighted by molar-refractivity contribution is 5.88. The predicted molar refractivity (Wildman–Crippen MR) is 173 cm³/mol. The molecule has 4 aromatic carbocycles. The van der Waals surface area contributed by atoms with Crippen LogP contribution in [0.4, 0.5) is 75.4 Å². The first-order chi connectivity index (χ1) is 24.1. The monoisotopic (exact) mass is 740 g/mol. The summed E-state index contributed by atoms with van der Waals surface area (Å²) >= 11 is 0. The topological polar surface area (TPSA) is 32.3 Å². The number of benzene rings is 4. The second-order valence-electron chi connectivity index (χ2n) is 11.3. The number of hydrogen-bond acceptors (Lipinski definition) is 4. The van der Waals surface area contributed by atoms with Gasteiger partial charge in [-0.1, -0.05) is 48.5 Å². The van der Waals surface area contributed by atoms with Crippen molar-refractivity contribution in [2.75, 3.05) is 23.9 Å². The maximum Gasteiger partial charge on any atom is 0.433 e. The van der Waals surface area contributed by atoms with Crippen LogP contribution in [0.15, 0.2) is 109 Å². The van der Waals surface area contributed by atoms with Gasteiger partial charge >= 0.3 is 24.7 Å². The van der Waals surface area contributed by atoms with Gasteiger partial charge in [-0.15, -0.1) is 0 Å². The van der Waals surface area contributed by atoms with Crippen LogP contribution in [0.1, 0.15) is 22.5 Å². The van der Waals surface area contributed by atoms with Crippen molar-refractivity contribution in [3.63, 3.8) is 0 Å². The van der Waals surface area contributed by atoms with Crippen molar-refractivity contribution < 1.29 is 52.7 Å². The van der Waals surface area contributed by atoms with Gasteiger partial charge in [0.15, 0.2) is 0 Å². The fourth-order valence-electron chi connectivity index (χ4n) is 5.21. The fourth-order valence-corrected chi connectivity index (χ4v) is 5.21. The zero-order chi connectivity index (χ0) is 38.2. The van der Waals surface area contributed by atoms with Crippen LogP contribution in [-0.4, -0.2) is 24.1 Å². The van der Waals surface area contributed by atoms with Crippen LogP contribution in [0.2, 0.25) is 0 Å². The van der Waals surface area contributed by atoms with Crippen LogP contribution in [0.5, 0.6) is 0 Å². The molecule has 6 aromatic rings. The standard InChI is InChI=1S/2C18H12F6N2/c2*1-26(11-5-3-2-4-6-11)12-7-8-13-14(17(19,20)21)10-16(18(22,23)24)25-15(13)9-12/h2*2-10H,1H3. The van der Waals surface area contributed by atoms with Crippen molar-refractivity contribution >= 4 is 44.6 Å². The number of para-hydroxylation sites is 2. The van der Waals surface area contributed by atoms with E-state index in [0.29, 0.717) is 11.4 Å². The molecule has 6 rings (SSSR count). The molecule has 0 aliphatic heterocycles. The van der Waals surface area contributed by atoms with E-state index in [-0.39, 0.29) is 33.9 Å². The molecule has 52 heavy (non-hydrogen) atoms. The Balaban J connectivity index is 0.000000201. The van der Waals surface area contributed by atoms with Crippen molar-refractivity contribution in [3.8, 4) is 0 Å². The average Bonchev–Trinajstić information content (AvgIpc) is 3.09. The van der Waals surface area contributed by atoms with Crippen molar-refractivity contribution in [3.05, 3.63) is 132 Å². The Bertz CT molecular complexity index is 2020. The van der Waals surface area contributed by atoms with E-state index in [2.05, 4.69) is 9.97 Å². The zero-order valence-electron chi connectivity index (χ0n) is 26.7. The third kappa shape index (κ3) is 8.32. The summed E-state index contributed by atoms with van der Waals surface area (Å²) in [6.45, 7) is 0. The molecule has 0 N–H and O–H groups in total. The number of aromatic nitrogens is 2. The van der Waals surface area contributed by atoms with Gasteiger partial charge in [0.05, 0.1) is 22.2 Å². The van der Waals surface area contributed by atoms with Gasteiger partial charge in [-0.05, 0) is 60.7 Å². The van der Waals surface area contributed by atoms with Gasteiger partial charge in [-0.25, -0.2) is 9.97 Å². The van der Waals surface area contributed by atoms with E-state index < -0.39 is 47.2 Å². The normalized spacial score (nSPS) is 12.4. The first-order valence-electron chi connectivity index (χ1n) is 14.9. The molecule has 0 unspecified atom stereocenters. The summed E-state index contributed by atoms with van der Waals surface area (Å²) in [5, 5.41) is -0.758. The number of anilines is 4. The second-order valence-corrected chi connectivity index (χ2v) is 11.3. The van der Waals surface area contributed by atoms with Crippen molar-refractivity contribution in [2.45, 2.75) is 24.7 Å². The number of hydrogen-bond donors (Lipinski definition) is 0. The van der Waals surface area contributed by atoms with Crippen LogP contribution < -0.4 is 9.80 Å². The van der Waals surface area contributed by atoms with Gasteiger partial charge in [0, 0.05) is 47.6 Å². The number of alkyl halides is 12. The highest BCUT2D eigenvalue weighted by atomic mass is 19.4. The van der Waals surface area contributed by atoms with Gasteiger partial charge in [0.25, 0.3) is 0 Å². The number of nitrogens with zero attached hydrogens (tertiary/aromatic N) is 4. The Kier molecular flexibility index (Phi) is 10.1. The summed E-state index contributed by atoms with van der Waals surface area (Å²) in [6, 6.07) is 25.4. The molecule has 2 heterocycles. The molecule has 0 atom stereocenters. The second kappa shape index (κ2) is 13.9. The Morgan fingerprint density at radius 2 is 0.712 bits per heavy atom. The van der Waals surface area contributed by atoms with Crippen LogP contribution >= 0.6 is 0 Å². The van der Waals surface area contributed by atoms with E-state index in [1.807, 2.05) is 0 Å². The van der Waals surface area contributed by atoms with Crippen molar-refractivity contribution in [1.82, 2.24) is 9.97 Å². The highest BCUT2D eigenvalue weighted by Gasteiger charge is 2.40. The van der Waals surface area contributed by atoms with Crippen molar-refractivity contribution in [2.24, 2.45) is 0 Å². The summed E-state index contributed by atoms with van der Waals surface area (Å²) < 4.78 is 157. The number of pyridine rings is 2. The third-order valence-electron chi connectivity index (χ3n) is 7.84. The average molecular weight is 741 g/mol. The summed E-state index contributed by atoms with van der Waals surface area (Å²) in [4.78, 5) is 10.1. The van der Waals surface area contributed by atoms with Gasteiger partial charge in [0.1, 0.15) is 11.4 Å². The smallest absolute Gasteiger partial charge is 0.345 e. The maximum absolute atomic E-state index is 13.2. The molecule has 0 aliphatic carbocycles.